The van der Waals surface area contributed by atoms with E-state index in [9.17, 15) is 34.1 Å². The first-order valence-corrected chi connectivity index (χ1v) is 16.0. The molecular weight excluding hydrogens is 649 g/mol. The smallest absolute Gasteiger partial charge is 0.338 e. The van der Waals surface area contributed by atoms with Crippen molar-refractivity contribution in [2.24, 2.45) is 5.92 Å². The molecule has 1 fully saturated rings. The van der Waals surface area contributed by atoms with E-state index in [-0.39, 0.29) is 24.5 Å². The van der Waals surface area contributed by atoms with Gasteiger partial charge >= 0.3 is 10.8 Å². The maximum absolute atomic E-state index is 14.0. The molecule has 47 heavy (non-hydrogen) atoms. The number of nitrogens with one attached hydrogen (secondary N) is 1. The molecule has 3 aromatic carbocycles. The number of esters is 1. The first-order valence-electron chi connectivity index (χ1n) is 14.3. The minimum Gasteiger partial charge on any atom is -0.497 e. The molecule has 0 bridgehead atoms. The molecular formula is C32H26N4O9S2. The number of thiazole rings is 1. The van der Waals surface area contributed by atoms with Gasteiger partial charge in [0.2, 0.25) is 17.7 Å². The van der Waals surface area contributed by atoms with Gasteiger partial charge in [0, 0.05) is 28.6 Å². The fraction of sp³-hybridized carbons (Fsp3) is 0.219. The van der Waals surface area contributed by atoms with Gasteiger partial charge in [0.1, 0.15) is 17.5 Å². The van der Waals surface area contributed by atoms with Gasteiger partial charge in [-0.15, -0.1) is 0 Å². The van der Waals surface area contributed by atoms with Gasteiger partial charge < -0.3 is 14.8 Å². The van der Waals surface area contributed by atoms with E-state index in [4.69, 9.17) is 9.47 Å². The lowest BCUT2D eigenvalue weighted by molar-refractivity contribution is -0.384. The Bertz CT molecular complexity index is 1950. The molecule has 0 aliphatic carbocycles. The third-order valence-corrected chi connectivity index (χ3v) is 10.4. The van der Waals surface area contributed by atoms with Crippen LogP contribution in [0.1, 0.15) is 33.6 Å². The first-order chi connectivity index (χ1) is 22.6. The number of nitro benzene ring substituents is 1. The summed E-state index contributed by atoms with van der Waals surface area (Å²) in [7, 11) is 1.52. The van der Waals surface area contributed by atoms with E-state index >= 15 is 0 Å². The Morgan fingerprint density at radius 3 is 2.26 bits per heavy atom. The largest absolute Gasteiger partial charge is 0.497 e. The summed E-state index contributed by atoms with van der Waals surface area (Å²) in [4.78, 5) is 78.2. The zero-order chi connectivity index (χ0) is 33.4. The van der Waals surface area contributed by atoms with Gasteiger partial charge in [0.15, 0.2) is 0 Å². The van der Waals surface area contributed by atoms with Crippen molar-refractivity contribution in [3.8, 4) is 5.75 Å². The van der Waals surface area contributed by atoms with Crippen molar-refractivity contribution in [3.05, 3.63) is 109 Å². The second-order valence-electron chi connectivity index (χ2n) is 10.6. The summed E-state index contributed by atoms with van der Waals surface area (Å²) < 4.78 is 11.6. The van der Waals surface area contributed by atoms with Crippen molar-refractivity contribution in [2.75, 3.05) is 23.9 Å². The molecule has 3 heterocycles. The van der Waals surface area contributed by atoms with Gasteiger partial charge in [0.05, 0.1) is 40.8 Å². The van der Waals surface area contributed by atoms with E-state index in [2.05, 4.69) is 5.32 Å². The molecule has 4 aromatic rings. The van der Waals surface area contributed by atoms with Gasteiger partial charge in [-0.05, 0) is 61.0 Å². The van der Waals surface area contributed by atoms with Crippen LogP contribution in [0.25, 0.3) is 0 Å². The number of aromatic nitrogens is 1. The number of ether oxygens (including phenoxy) is 2. The number of thioether (sulfide) groups is 1. The number of hydrogen-bond acceptors (Lipinski definition) is 11. The minimum absolute atomic E-state index is 0.185. The monoisotopic (exact) mass is 674 g/mol. The van der Waals surface area contributed by atoms with Crippen LogP contribution in [0.3, 0.4) is 0 Å². The molecule has 1 aromatic heterocycles. The van der Waals surface area contributed by atoms with E-state index in [1.54, 1.807) is 43.3 Å². The van der Waals surface area contributed by atoms with Gasteiger partial charge in [-0.3, -0.25) is 33.9 Å². The summed E-state index contributed by atoms with van der Waals surface area (Å²) in [5.74, 6) is -3.03. The Labute approximate surface area is 275 Å². The Morgan fingerprint density at radius 1 is 0.957 bits per heavy atom. The Morgan fingerprint density at radius 2 is 1.64 bits per heavy atom. The van der Waals surface area contributed by atoms with Crippen LogP contribution < -0.4 is 19.8 Å². The second kappa shape index (κ2) is 12.8. The lowest BCUT2D eigenvalue weighted by Crippen LogP contribution is -2.33. The fourth-order valence-corrected chi connectivity index (χ4v) is 8.42. The summed E-state index contributed by atoms with van der Waals surface area (Å²) in [5.41, 5.74) is 1.41. The van der Waals surface area contributed by atoms with Gasteiger partial charge in [0.25, 0.3) is 5.69 Å². The number of benzene rings is 3. The summed E-state index contributed by atoms with van der Waals surface area (Å²) in [6.45, 7) is 1.56. The van der Waals surface area contributed by atoms with Crippen molar-refractivity contribution in [3.63, 3.8) is 0 Å². The summed E-state index contributed by atoms with van der Waals surface area (Å²) >= 11 is 1.96. The summed E-state index contributed by atoms with van der Waals surface area (Å²) in [6.07, 6.45) is 0. The Balaban J connectivity index is 1.33. The third kappa shape index (κ3) is 5.90. The van der Waals surface area contributed by atoms with Gasteiger partial charge in [-0.1, -0.05) is 35.2 Å². The molecule has 1 N–H and O–H groups in total. The third-order valence-electron chi connectivity index (χ3n) is 7.82. The highest BCUT2D eigenvalue weighted by Crippen LogP contribution is 2.54. The Kier molecular flexibility index (Phi) is 8.66. The molecule has 6 rings (SSSR count). The molecule has 240 valence electrons. The fourth-order valence-electron chi connectivity index (χ4n) is 5.65. The van der Waals surface area contributed by atoms with Crippen LogP contribution in [0.2, 0.25) is 0 Å². The number of carbonyl (C=O) groups excluding carboxylic acids is 4. The number of non-ortho nitro benzene ring substituents is 1. The van der Waals surface area contributed by atoms with Crippen molar-refractivity contribution >= 4 is 63.9 Å². The van der Waals surface area contributed by atoms with Crippen LogP contribution in [-0.4, -0.2) is 52.1 Å². The maximum atomic E-state index is 14.0. The molecule has 3 atom stereocenters. The number of fused-ring (bicyclic) bond motifs is 2. The molecule has 3 unspecified atom stereocenters. The molecule has 0 radical (unpaired) electrons. The van der Waals surface area contributed by atoms with Crippen LogP contribution in [0, 0.1) is 16.0 Å². The SMILES string of the molecule is CCOC(=O)c1ccc(NC(=O)Cn2c3c(sc2=O)C(c2ccc(OC)cc2)C2C(=O)N(c4ccc([N+](=O)[O-])cc4)C(=O)C2S3)cc1. The van der Waals surface area contributed by atoms with Crippen LogP contribution in [0.15, 0.2) is 82.6 Å². The van der Waals surface area contributed by atoms with Crippen molar-refractivity contribution in [1.29, 1.82) is 0 Å². The topological polar surface area (TPSA) is 167 Å². The second-order valence-corrected chi connectivity index (χ2v) is 12.7. The lowest BCUT2D eigenvalue weighted by atomic mass is 9.83. The highest BCUT2D eigenvalue weighted by atomic mass is 32.2. The van der Waals surface area contributed by atoms with E-state index in [1.165, 1.54) is 48.1 Å². The zero-order valence-electron chi connectivity index (χ0n) is 24.9. The quantitative estimate of drug-likeness (QED) is 0.116. The van der Waals surface area contributed by atoms with Gasteiger partial charge in [-0.2, -0.15) is 0 Å². The number of anilines is 2. The number of nitro groups is 1. The average Bonchev–Trinajstić information content (AvgIpc) is 3.51. The predicted octanol–water partition coefficient (Wildman–Crippen LogP) is 4.44. The molecule has 0 saturated carbocycles. The average molecular weight is 675 g/mol. The van der Waals surface area contributed by atoms with E-state index in [1.807, 2.05) is 0 Å². The number of amides is 3. The lowest BCUT2D eigenvalue weighted by Gasteiger charge is -2.30. The highest BCUT2D eigenvalue weighted by molar-refractivity contribution is 8.00. The van der Waals surface area contributed by atoms with Gasteiger partial charge in [-0.25, -0.2) is 9.69 Å². The van der Waals surface area contributed by atoms with Crippen LogP contribution in [0.5, 0.6) is 5.75 Å². The highest BCUT2D eigenvalue weighted by Gasteiger charge is 2.56. The standard InChI is InChI=1S/C32H26N4O9S2/c1-3-45-31(40)18-4-8-19(9-5-18)33-23(37)16-34-30-27(47-32(34)41)24(17-6-14-22(44-2)15-7-17)25-26(46-30)29(39)35(28(25)38)20-10-12-21(13-11-20)36(42)43/h4-15,24-26H,3,16H2,1-2H3,(H,33,37). The maximum Gasteiger partial charge on any atom is 0.338 e. The molecule has 2 aliphatic rings. The minimum atomic E-state index is -0.934. The molecule has 0 spiro atoms. The zero-order valence-corrected chi connectivity index (χ0v) is 26.5. The van der Waals surface area contributed by atoms with E-state index in [0.717, 1.165) is 28.0 Å². The van der Waals surface area contributed by atoms with Crippen molar-refractivity contribution in [2.45, 2.75) is 29.7 Å². The van der Waals surface area contributed by atoms with Crippen molar-refractivity contribution < 1.29 is 33.6 Å². The predicted molar refractivity (Wildman–Crippen MR) is 173 cm³/mol. The number of imide groups is 1. The molecule has 2 aliphatic heterocycles. The molecule has 3 amide bonds. The first kappa shape index (κ1) is 31.7. The van der Waals surface area contributed by atoms with Crippen molar-refractivity contribution in [1.82, 2.24) is 4.57 Å². The van der Waals surface area contributed by atoms with Crippen LogP contribution in [0.4, 0.5) is 17.1 Å². The van der Waals surface area contributed by atoms with E-state index in [0.29, 0.717) is 32.5 Å². The summed E-state index contributed by atoms with van der Waals surface area (Å²) in [5, 5.41) is 13.4. The number of rotatable bonds is 9. The van der Waals surface area contributed by atoms with E-state index < -0.39 is 50.6 Å². The number of methoxy groups -OCH3 is 1. The molecule has 1 saturated heterocycles. The summed E-state index contributed by atoms with van der Waals surface area (Å²) in [6, 6.07) is 18.3. The number of carbonyl (C=O) groups is 4. The molecule has 13 nitrogen and oxygen atoms in total. The number of hydrogen-bond donors (Lipinski definition) is 1. The number of nitrogens with zero attached hydrogens (tertiary/aromatic N) is 3. The van der Waals surface area contributed by atoms with Crippen LogP contribution in [-0.2, 0) is 25.7 Å². The normalized spacial score (nSPS) is 18.3. The molecule has 15 heteroatoms. The van der Waals surface area contributed by atoms with Crippen LogP contribution >= 0.6 is 23.1 Å². The Hall–Kier alpha value is -5.28.